The lowest BCUT2D eigenvalue weighted by atomic mass is 10.1. The topological polar surface area (TPSA) is 46.1 Å². The van der Waals surface area contributed by atoms with Crippen LogP contribution in [0.5, 0.6) is 5.75 Å². The maximum absolute atomic E-state index is 6.03. The molecular formula is C17H28IN3O2. The summed E-state index contributed by atoms with van der Waals surface area (Å²) in [6, 6.07) is 10.1. The molecule has 1 heterocycles. The van der Waals surface area contributed by atoms with E-state index in [1.165, 1.54) is 0 Å². The number of para-hydroxylation sites is 1. The molecule has 2 rings (SSSR count). The highest BCUT2D eigenvalue weighted by Gasteiger charge is 2.22. The van der Waals surface area contributed by atoms with E-state index in [1.54, 1.807) is 7.11 Å². The minimum atomic E-state index is 0. The average molecular weight is 433 g/mol. The molecular weight excluding hydrogens is 405 g/mol. The Bertz CT molecular complexity index is 448. The molecule has 0 atom stereocenters. The lowest BCUT2D eigenvalue weighted by Crippen LogP contribution is -2.47. The molecule has 1 aliphatic rings. The normalized spacial score (nSPS) is 15.9. The first-order valence-corrected chi connectivity index (χ1v) is 8.07. The van der Waals surface area contributed by atoms with Crippen LogP contribution in [0.25, 0.3) is 0 Å². The number of likely N-dealkylation sites (tertiary alicyclic amines) is 1. The van der Waals surface area contributed by atoms with E-state index in [0.717, 1.165) is 44.2 Å². The van der Waals surface area contributed by atoms with E-state index >= 15 is 0 Å². The van der Waals surface area contributed by atoms with E-state index in [2.05, 4.69) is 22.1 Å². The van der Waals surface area contributed by atoms with E-state index in [9.17, 15) is 0 Å². The fourth-order valence-electron chi connectivity index (χ4n) is 2.55. The molecule has 5 nitrogen and oxygen atoms in total. The molecule has 0 saturated carbocycles. The molecule has 1 fully saturated rings. The fourth-order valence-corrected chi connectivity index (χ4v) is 2.55. The molecule has 0 bridgehead atoms. The van der Waals surface area contributed by atoms with E-state index in [4.69, 9.17) is 9.47 Å². The number of nitrogens with one attached hydrogen (secondary N) is 1. The van der Waals surface area contributed by atoms with Gasteiger partial charge in [0, 0.05) is 39.6 Å². The molecule has 0 spiro atoms. The maximum Gasteiger partial charge on any atom is 0.193 e. The van der Waals surface area contributed by atoms with E-state index in [1.807, 2.05) is 30.3 Å². The first-order chi connectivity index (χ1) is 10.8. The Morgan fingerprint density at radius 1 is 1.26 bits per heavy atom. The standard InChI is InChI=1S/C17H27N3O2.HI/c1-3-18-17(19-11-14-21-2)20-12-9-16(10-13-20)22-15-7-5-4-6-8-15;/h4-8,16H,3,9-14H2,1-2H3,(H,18,19);1H. The number of rotatable bonds is 6. The summed E-state index contributed by atoms with van der Waals surface area (Å²) in [7, 11) is 1.70. The molecule has 0 aromatic heterocycles. The zero-order chi connectivity index (χ0) is 15.6. The third-order valence-electron chi connectivity index (χ3n) is 3.68. The quantitative estimate of drug-likeness (QED) is 0.325. The van der Waals surface area contributed by atoms with Gasteiger partial charge in [-0.2, -0.15) is 0 Å². The molecule has 23 heavy (non-hydrogen) atoms. The summed E-state index contributed by atoms with van der Waals surface area (Å²) < 4.78 is 11.1. The van der Waals surface area contributed by atoms with Crippen molar-refractivity contribution in [2.45, 2.75) is 25.9 Å². The number of methoxy groups -OCH3 is 1. The van der Waals surface area contributed by atoms with E-state index in [0.29, 0.717) is 19.3 Å². The van der Waals surface area contributed by atoms with Crippen LogP contribution in [0.4, 0.5) is 0 Å². The van der Waals surface area contributed by atoms with Gasteiger partial charge in [-0.1, -0.05) is 18.2 Å². The van der Waals surface area contributed by atoms with Gasteiger partial charge < -0.3 is 19.7 Å². The van der Waals surface area contributed by atoms with Gasteiger partial charge in [-0.15, -0.1) is 24.0 Å². The Balaban J connectivity index is 0.00000264. The SMILES string of the molecule is CCNC(=NCCOC)N1CCC(Oc2ccccc2)CC1.I. The van der Waals surface area contributed by atoms with Crippen molar-refractivity contribution < 1.29 is 9.47 Å². The molecule has 1 aromatic carbocycles. The summed E-state index contributed by atoms with van der Waals surface area (Å²) >= 11 is 0. The number of hydrogen-bond donors (Lipinski definition) is 1. The summed E-state index contributed by atoms with van der Waals surface area (Å²) in [5, 5.41) is 3.36. The lowest BCUT2D eigenvalue weighted by Gasteiger charge is -2.34. The number of ether oxygens (including phenoxy) is 2. The van der Waals surface area contributed by atoms with Gasteiger partial charge in [-0.3, -0.25) is 4.99 Å². The molecule has 130 valence electrons. The largest absolute Gasteiger partial charge is 0.490 e. The molecule has 1 aliphatic heterocycles. The number of benzene rings is 1. The molecule has 6 heteroatoms. The van der Waals surface area contributed by atoms with Crippen LogP contribution in [-0.2, 0) is 4.74 Å². The summed E-state index contributed by atoms with van der Waals surface area (Å²) in [5.41, 5.74) is 0. The number of hydrogen-bond acceptors (Lipinski definition) is 3. The summed E-state index contributed by atoms with van der Waals surface area (Å²) in [4.78, 5) is 6.91. The third kappa shape index (κ3) is 6.95. The van der Waals surface area contributed by atoms with Crippen molar-refractivity contribution in [1.29, 1.82) is 0 Å². The number of aliphatic imine (C=N–C) groups is 1. The van der Waals surface area contributed by atoms with E-state index < -0.39 is 0 Å². The van der Waals surface area contributed by atoms with Crippen LogP contribution in [-0.4, -0.2) is 56.9 Å². The van der Waals surface area contributed by atoms with Gasteiger partial charge in [0.05, 0.1) is 13.2 Å². The van der Waals surface area contributed by atoms with Crippen molar-refractivity contribution in [3.63, 3.8) is 0 Å². The predicted molar refractivity (Wildman–Crippen MR) is 105 cm³/mol. The van der Waals surface area contributed by atoms with Crippen LogP contribution < -0.4 is 10.1 Å². The van der Waals surface area contributed by atoms with Gasteiger partial charge in [0.25, 0.3) is 0 Å². The molecule has 0 amide bonds. The van der Waals surface area contributed by atoms with Crippen LogP contribution >= 0.6 is 24.0 Å². The zero-order valence-corrected chi connectivity index (χ0v) is 16.4. The van der Waals surface area contributed by atoms with Gasteiger partial charge in [0.1, 0.15) is 11.9 Å². The Morgan fingerprint density at radius 2 is 1.96 bits per heavy atom. The Morgan fingerprint density at radius 3 is 2.57 bits per heavy atom. The van der Waals surface area contributed by atoms with Crippen molar-refractivity contribution >= 4 is 29.9 Å². The van der Waals surface area contributed by atoms with Crippen LogP contribution in [0.2, 0.25) is 0 Å². The van der Waals surface area contributed by atoms with Gasteiger partial charge >= 0.3 is 0 Å². The summed E-state index contributed by atoms with van der Waals surface area (Å²) in [6.45, 7) is 6.26. The van der Waals surface area contributed by atoms with E-state index in [-0.39, 0.29) is 24.0 Å². The predicted octanol–water partition coefficient (Wildman–Crippen LogP) is 2.76. The average Bonchev–Trinajstić information content (AvgIpc) is 2.56. The molecule has 1 N–H and O–H groups in total. The summed E-state index contributed by atoms with van der Waals surface area (Å²) in [6.07, 6.45) is 2.33. The molecule has 0 radical (unpaired) electrons. The molecule has 0 aliphatic carbocycles. The molecule has 1 aromatic rings. The Hall–Kier alpha value is -1.02. The highest BCUT2D eigenvalue weighted by Crippen LogP contribution is 2.18. The minimum Gasteiger partial charge on any atom is -0.490 e. The van der Waals surface area contributed by atoms with Crippen LogP contribution in [0.15, 0.2) is 35.3 Å². The zero-order valence-electron chi connectivity index (χ0n) is 14.0. The maximum atomic E-state index is 6.03. The Labute approximate surface area is 156 Å². The van der Waals surface area contributed by atoms with Gasteiger partial charge in [-0.25, -0.2) is 0 Å². The van der Waals surface area contributed by atoms with Crippen molar-refractivity contribution in [2.24, 2.45) is 4.99 Å². The highest BCUT2D eigenvalue weighted by atomic mass is 127. The number of nitrogens with zero attached hydrogens (tertiary/aromatic N) is 2. The van der Waals surface area contributed by atoms with Crippen molar-refractivity contribution in [3.8, 4) is 5.75 Å². The second-order valence-corrected chi connectivity index (χ2v) is 5.35. The third-order valence-corrected chi connectivity index (χ3v) is 3.68. The minimum absolute atomic E-state index is 0. The summed E-state index contributed by atoms with van der Waals surface area (Å²) in [5.74, 6) is 1.94. The molecule has 0 unspecified atom stereocenters. The first kappa shape index (κ1) is 20.0. The van der Waals surface area contributed by atoms with Crippen molar-refractivity contribution in [3.05, 3.63) is 30.3 Å². The fraction of sp³-hybridized carbons (Fsp3) is 0.588. The second-order valence-electron chi connectivity index (χ2n) is 5.35. The van der Waals surface area contributed by atoms with Crippen LogP contribution in [0.3, 0.4) is 0 Å². The highest BCUT2D eigenvalue weighted by molar-refractivity contribution is 14.0. The van der Waals surface area contributed by atoms with Crippen molar-refractivity contribution in [1.82, 2.24) is 10.2 Å². The number of piperidine rings is 1. The number of guanidine groups is 1. The van der Waals surface area contributed by atoms with Crippen LogP contribution in [0, 0.1) is 0 Å². The van der Waals surface area contributed by atoms with Crippen LogP contribution in [0.1, 0.15) is 19.8 Å². The second kappa shape index (κ2) is 11.5. The van der Waals surface area contributed by atoms with Gasteiger partial charge in [0.15, 0.2) is 5.96 Å². The monoisotopic (exact) mass is 433 g/mol. The smallest absolute Gasteiger partial charge is 0.193 e. The first-order valence-electron chi connectivity index (χ1n) is 8.07. The lowest BCUT2D eigenvalue weighted by molar-refractivity contribution is 0.129. The van der Waals surface area contributed by atoms with Gasteiger partial charge in [-0.05, 0) is 19.1 Å². The Kier molecular flexibility index (Phi) is 10.0. The van der Waals surface area contributed by atoms with Gasteiger partial charge in [0.2, 0.25) is 0 Å². The molecule has 1 saturated heterocycles. The number of halogens is 1. The van der Waals surface area contributed by atoms with Crippen molar-refractivity contribution in [2.75, 3.05) is 39.9 Å².